The second-order valence-electron chi connectivity index (χ2n) is 2.82. The van der Waals surface area contributed by atoms with Gasteiger partial charge < -0.3 is 4.89 Å². The third-order valence-corrected chi connectivity index (χ3v) is 2.73. The Hall–Kier alpha value is -0.840. The molecule has 0 radical (unpaired) electrons. The number of halogens is 3. The van der Waals surface area contributed by atoms with E-state index in [1.165, 1.54) is 12.1 Å². The molecule has 1 N–H and O–H groups in total. The van der Waals surface area contributed by atoms with E-state index in [0.29, 0.717) is 5.56 Å². The summed E-state index contributed by atoms with van der Waals surface area (Å²) >= 11 is 0. The predicted molar refractivity (Wildman–Crippen MR) is 47.1 cm³/mol. The summed E-state index contributed by atoms with van der Waals surface area (Å²) in [6.45, 7) is 0. The van der Waals surface area contributed by atoms with Crippen LogP contribution >= 0.6 is 7.60 Å². The lowest BCUT2D eigenvalue weighted by atomic mass is 10.2. The van der Waals surface area contributed by atoms with Gasteiger partial charge in [0.25, 0.3) is 0 Å². The highest BCUT2D eigenvalue weighted by atomic mass is 31.2. The molecule has 0 bridgehead atoms. The number of rotatable bonds is 3. The Kier molecular flexibility index (Phi) is 3.54. The molecular weight excluding hydrogens is 232 g/mol. The van der Waals surface area contributed by atoms with Gasteiger partial charge >= 0.3 is 14.0 Å². The van der Waals surface area contributed by atoms with Gasteiger partial charge in [0, 0.05) is 0 Å². The minimum Gasteiger partial charge on any atom is -0.324 e. The van der Waals surface area contributed by atoms with E-state index in [9.17, 15) is 17.7 Å². The van der Waals surface area contributed by atoms with Crippen molar-refractivity contribution >= 4 is 7.60 Å². The number of hydrogen-bond donors (Lipinski definition) is 1. The van der Waals surface area contributed by atoms with E-state index in [-0.39, 0.29) is 0 Å². The maximum Gasteiger partial charge on any atom is 0.529 e. The molecular formula is C8H8F3O3P. The summed E-state index contributed by atoms with van der Waals surface area (Å²) in [5.74, 6) is 0. The first-order valence-electron chi connectivity index (χ1n) is 3.92. The Balaban J connectivity index is 2.69. The lowest BCUT2D eigenvalue weighted by molar-refractivity contribution is -0.277. The van der Waals surface area contributed by atoms with Crippen LogP contribution in [0.15, 0.2) is 30.3 Å². The summed E-state index contributed by atoms with van der Waals surface area (Å²) in [6, 6.07) is 7.66. The van der Waals surface area contributed by atoms with Gasteiger partial charge in [0.15, 0.2) is 0 Å². The second-order valence-corrected chi connectivity index (χ2v) is 4.59. The van der Waals surface area contributed by atoms with Crippen molar-refractivity contribution in [3.63, 3.8) is 0 Å². The fourth-order valence-electron chi connectivity index (χ4n) is 1.01. The summed E-state index contributed by atoms with van der Waals surface area (Å²) < 4.78 is 49.3. The predicted octanol–water partition coefficient (Wildman–Crippen LogP) is 2.91. The van der Waals surface area contributed by atoms with Gasteiger partial charge in [0.1, 0.15) is 0 Å². The first-order valence-corrected chi connectivity index (χ1v) is 5.68. The smallest absolute Gasteiger partial charge is 0.324 e. The molecule has 0 fully saturated rings. The molecule has 1 atom stereocenters. The molecule has 1 aromatic rings. The van der Waals surface area contributed by atoms with E-state index in [1.54, 1.807) is 18.2 Å². The SMILES string of the molecule is O=P(O)(Cc1ccccc1)OC(F)(F)F. The van der Waals surface area contributed by atoms with Crippen molar-refractivity contribution < 1.29 is 27.2 Å². The van der Waals surface area contributed by atoms with Crippen molar-refractivity contribution in [3.05, 3.63) is 35.9 Å². The molecule has 0 spiro atoms. The molecule has 3 nitrogen and oxygen atoms in total. The van der Waals surface area contributed by atoms with Crippen LogP contribution in [0.4, 0.5) is 13.2 Å². The molecule has 0 aromatic heterocycles. The molecule has 0 saturated heterocycles. The Bertz CT molecular complexity index is 363. The molecule has 0 amide bonds. The monoisotopic (exact) mass is 240 g/mol. The third kappa shape index (κ3) is 4.97. The Morgan fingerprint density at radius 3 is 2.27 bits per heavy atom. The quantitative estimate of drug-likeness (QED) is 0.826. The molecule has 15 heavy (non-hydrogen) atoms. The summed E-state index contributed by atoms with van der Waals surface area (Å²) in [6.07, 6.45) is -5.76. The van der Waals surface area contributed by atoms with Crippen LogP contribution in [0.3, 0.4) is 0 Å². The Morgan fingerprint density at radius 1 is 1.27 bits per heavy atom. The standard InChI is InChI=1S/C8H8F3O3P/c9-8(10,11)14-15(12,13)6-7-4-2-1-3-5-7/h1-5H,6H2,(H,12,13). The highest BCUT2D eigenvalue weighted by Gasteiger charge is 2.39. The van der Waals surface area contributed by atoms with Gasteiger partial charge in [-0.25, -0.2) is 4.52 Å². The van der Waals surface area contributed by atoms with Crippen LogP contribution in [0.1, 0.15) is 5.56 Å². The molecule has 0 aliphatic rings. The maximum absolute atomic E-state index is 11.7. The highest BCUT2D eigenvalue weighted by molar-refractivity contribution is 7.52. The van der Waals surface area contributed by atoms with Gasteiger partial charge in [0.2, 0.25) is 0 Å². The minimum atomic E-state index is -5.10. The number of alkyl halides is 3. The molecule has 0 aliphatic carbocycles. The molecule has 1 rings (SSSR count). The van der Waals surface area contributed by atoms with Crippen LogP contribution in [0.5, 0.6) is 0 Å². The lowest BCUT2D eigenvalue weighted by Gasteiger charge is -2.13. The average molecular weight is 240 g/mol. The van der Waals surface area contributed by atoms with E-state index >= 15 is 0 Å². The second kappa shape index (κ2) is 4.35. The first kappa shape index (κ1) is 12.2. The fraction of sp³-hybridized carbons (Fsp3) is 0.250. The van der Waals surface area contributed by atoms with Gasteiger partial charge in [-0.15, -0.1) is 13.2 Å². The van der Waals surface area contributed by atoms with Crippen LogP contribution in [-0.4, -0.2) is 11.3 Å². The Morgan fingerprint density at radius 2 is 1.80 bits per heavy atom. The van der Waals surface area contributed by atoms with Gasteiger partial charge in [-0.2, -0.15) is 0 Å². The van der Waals surface area contributed by atoms with Crippen molar-refractivity contribution in [3.8, 4) is 0 Å². The van der Waals surface area contributed by atoms with Gasteiger partial charge in [-0.05, 0) is 5.56 Å². The summed E-state index contributed by atoms with van der Waals surface area (Å²) in [5, 5.41) is 0. The molecule has 0 saturated carbocycles. The van der Waals surface area contributed by atoms with Crippen molar-refractivity contribution in [1.29, 1.82) is 0 Å². The molecule has 84 valence electrons. The first-order chi connectivity index (χ1) is 6.79. The van der Waals surface area contributed by atoms with Crippen LogP contribution < -0.4 is 0 Å². The summed E-state index contributed by atoms with van der Waals surface area (Å²) in [5.41, 5.74) is 0.313. The van der Waals surface area contributed by atoms with Crippen molar-refractivity contribution in [2.24, 2.45) is 0 Å². The van der Waals surface area contributed by atoms with E-state index < -0.39 is 20.1 Å². The molecule has 1 aromatic carbocycles. The zero-order valence-corrected chi connectivity index (χ0v) is 8.33. The zero-order chi connectivity index (χ0) is 11.5. The summed E-state index contributed by atoms with van der Waals surface area (Å²) in [7, 11) is -4.66. The fourth-order valence-corrected chi connectivity index (χ4v) is 2.07. The van der Waals surface area contributed by atoms with Crippen LogP contribution in [0, 0.1) is 0 Å². The van der Waals surface area contributed by atoms with Crippen LogP contribution in [0.25, 0.3) is 0 Å². The normalized spacial score (nSPS) is 16.0. The molecule has 0 aliphatic heterocycles. The minimum absolute atomic E-state index is 0.313. The van der Waals surface area contributed by atoms with Crippen molar-refractivity contribution in [2.45, 2.75) is 12.5 Å². The van der Waals surface area contributed by atoms with E-state index in [2.05, 4.69) is 4.52 Å². The van der Waals surface area contributed by atoms with Crippen molar-refractivity contribution in [1.82, 2.24) is 0 Å². The molecule has 1 unspecified atom stereocenters. The van der Waals surface area contributed by atoms with E-state index in [1.807, 2.05) is 0 Å². The van der Waals surface area contributed by atoms with Gasteiger partial charge in [-0.1, -0.05) is 30.3 Å². The van der Waals surface area contributed by atoms with Crippen LogP contribution in [-0.2, 0) is 15.3 Å². The van der Waals surface area contributed by atoms with E-state index in [4.69, 9.17) is 4.89 Å². The van der Waals surface area contributed by atoms with Crippen molar-refractivity contribution in [2.75, 3.05) is 0 Å². The topological polar surface area (TPSA) is 46.5 Å². The van der Waals surface area contributed by atoms with E-state index in [0.717, 1.165) is 0 Å². The van der Waals surface area contributed by atoms with Crippen LogP contribution in [0.2, 0.25) is 0 Å². The third-order valence-electron chi connectivity index (χ3n) is 1.47. The van der Waals surface area contributed by atoms with Gasteiger partial charge in [0.05, 0.1) is 6.16 Å². The highest BCUT2D eigenvalue weighted by Crippen LogP contribution is 2.50. The van der Waals surface area contributed by atoms with Gasteiger partial charge in [-0.3, -0.25) is 4.57 Å². The number of benzene rings is 1. The lowest BCUT2D eigenvalue weighted by Crippen LogP contribution is -2.12. The maximum atomic E-state index is 11.7. The largest absolute Gasteiger partial charge is 0.529 e. The molecule has 0 heterocycles. The molecule has 7 heteroatoms. The average Bonchev–Trinajstić information content (AvgIpc) is 1.99. The number of hydrogen-bond acceptors (Lipinski definition) is 2. The summed E-state index contributed by atoms with van der Waals surface area (Å²) in [4.78, 5) is 8.92. The zero-order valence-electron chi connectivity index (χ0n) is 7.44. The Labute approximate surface area is 84.0 Å².